The largest absolute Gasteiger partial charge is 0.452 e. The molecule has 0 atom stereocenters. The number of ether oxygens (including phenoxy) is 1. The fourth-order valence-electron chi connectivity index (χ4n) is 3.18. The van der Waals surface area contributed by atoms with Crippen molar-refractivity contribution in [2.45, 2.75) is 4.90 Å². The number of aromatic nitrogens is 3. The highest BCUT2D eigenvalue weighted by Gasteiger charge is 2.30. The van der Waals surface area contributed by atoms with E-state index < -0.39 is 34.3 Å². The number of esters is 1. The molecule has 0 radical (unpaired) electrons. The van der Waals surface area contributed by atoms with Crippen molar-refractivity contribution in [3.63, 3.8) is 0 Å². The van der Waals surface area contributed by atoms with Crippen molar-refractivity contribution in [1.29, 1.82) is 0 Å². The standard InChI is InChI=1S/C19H18FN5O5S/c20-15-2-4-16(5-3-15)31(28,29)25-9-7-23(8-10-25)18(26)12-30-19(27)14-1-6-17-22-21-13-24(17)11-14/h1-6,11,13H,7-10,12H2. The maximum absolute atomic E-state index is 13.1. The third-order valence-electron chi connectivity index (χ3n) is 4.90. The van der Waals surface area contributed by atoms with Crippen LogP contribution in [-0.4, -0.2) is 76.9 Å². The summed E-state index contributed by atoms with van der Waals surface area (Å²) in [5.41, 5.74) is 0.816. The van der Waals surface area contributed by atoms with E-state index in [0.29, 0.717) is 5.65 Å². The van der Waals surface area contributed by atoms with E-state index in [4.69, 9.17) is 4.74 Å². The van der Waals surface area contributed by atoms with Crippen molar-refractivity contribution >= 4 is 27.5 Å². The molecule has 3 heterocycles. The first-order valence-corrected chi connectivity index (χ1v) is 10.8. The monoisotopic (exact) mass is 447 g/mol. The summed E-state index contributed by atoms with van der Waals surface area (Å²) >= 11 is 0. The van der Waals surface area contributed by atoms with Crippen LogP contribution in [0.2, 0.25) is 0 Å². The summed E-state index contributed by atoms with van der Waals surface area (Å²) in [6.45, 7) is 0.0318. The zero-order valence-electron chi connectivity index (χ0n) is 16.2. The number of hydrogen-bond donors (Lipinski definition) is 0. The fourth-order valence-corrected chi connectivity index (χ4v) is 4.61. The molecule has 0 N–H and O–H groups in total. The minimum atomic E-state index is -3.77. The van der Waals surface area contributed by atoms with Gasteiger partial charge in [0.15, 0.2) is 12.3 Å². The minimum Gasteiger partial charge on any atom is -0.452 e. The first-order valence-electron chi connectivity index (χ1n) is 9.34. The molecular weight excluding hydrogens is 429 g/mol. The zero-order valence-corrected chi connectivity index (χ0v) is 17.0. The molecule has 0 unspecified atom stereocenters. The van der Waals surface area contributed by atoms with Crippen molar-refractivity contribution < 1.29 is 27.1 Å². The van der Waals surface area contributed by atoms with Crippen LogP contribution in [0.1, 0.15) is 10.4 Å². The Morgan fingerprint density at radius 1 is 1.03 bits per heavy atom. The summed E-state index contributed by atoms with van der Waals surface area (Å²) in [5.74, 6) is -1.61. The Balaban J connectivity index is 1.30. The Bertz CT molecular complexity index is 1220. The van der Waals surface area contributed by atoms with Crippen molar-refractivity contribution in [3.8, 4) is 0 Å². The zero-order chi connectivity index (χ0) is 22.0. The van der Waals surface area contributed by atoms with Gasteiger partial charge in [0.2, 0.25) is 10.0 Å². The van der Waals surface area contributed by atoms with E-state index in [9.17, 15) is 22.4 Å². The Hall–Kier alpha value is -3.38. The van der Waals surface area contributed by atoms with E-state index in [1.165, 1.54) is 39.9 Å². The van der Waals surface area contributed by atoms with Crippen LogP contribution in [0.25, 0.3) is 5.65 Å². The SMILES string of the molecule is O=C(OCC(=O)N1CCN(S(=O)(=O)c2ccc(F)cc2)CC1)c1ccc2nncn2c1. The average molecular weight is 447 g/mol. The molecule has 0 spiro atoms. The van der Waals surface area contributed by atoms with Gasteiger partial charge in [0.25, 0.3) is 5.91 Å². The van der Waals surface area contributed by atoms with E-state index in [2.05, 4.69) is 10.2 Å². The Morgan fingerprint density at radius 2 is 1.74 bits per heavy atom. The third kappa shape index (κ3) is 4.39. The molecule has 1 aliphatic rings. The van der Waals surface area contributed by atoms with Crippen LogP contribution in [0.3, 0.4) is 0 Å². The number of benzene rings is 1. The number of amides is 1. The lowest BCUT2D eigenvalue weighted by atomic mass is 10.3. The number of carbonyl (C=O) groups excluding carboxylic acids is 2. The van der Waals surface area contributed by atoms with E-state index in [1.54, 1.807) is 10.5 Å². The summed E-state index contributed by atoms with van der Waals surface area (Å²) in [4.78, 5) is 26.0. The first-order chi connectivity index (χ1) is 14.8. The number of nitrogens with zero attached hydrogens (tertiary/aromatic N) is 5. The van der Waals surface area contributed by atoms with Crippen LogP contribution in [-0.2, 0) is 19.6 Å². The smallest absolute Gasteiger partial charge is 0.340 e. The average Bonchev–Trinajstić information content (AvgIpc) is 3.25. The molecule has 4 rings (SSSR count). The summed E-state index contributed by atoms with van der Waals surface area (Å²) in [6, 6.07) is 7.71. The van der Waals surface area contributed by atoms with Gasteiger partial charge in [0.1, 0.15) is 12.1 Å². The number of halogens is 1. The van der Waals surface area contributed by atoms with Gasteiger partial charge < -0.3 is 9.64 Å². The maximum atomic E-state index is 13.1. The second-order valence-corrected chi connectivity index (χ2v) is 8.77. The molecule has 0 saturated carbocycles. The van der Waals surface area contributed by atoms with Gasteiger partial charge in [-0.2, -0.15) is 4.31 Å². The highest BCUT2D eigenvalue weighted by molar-refractivity contribution is 7.89. The highest BCUT2D eigenvalue weighted by Crippen LogP contribution is 2.18. The lowest BCUT2D eigenvalue weighted by Gasteiger charge is -2.33. The molecular formula is C19H18FN5O5S. The molecule has 1 aliphatic heterocycles. The van der Waals surface area contributed by atoms with Crippen molar-refractivity contribution in [2.75, 3.05) is 32.8 Å². The molecule has 3 aromatic rings. The summed E-state index contributed by atoms with van der Waals surface area (Å²) < 4.78 is 46.2. The first kappa shape index (κ1) is 20.9. The van der Waals surface area contributed by atoms with Crippen LogP contribution in [0, 0.1) is 5.82 Å². The number of rotatable bonds is 5. The Kier molecular flexibility index (Phi) is 5.65. The number of carbonyl (C=O) groups is 2. The van der Waals surface area contributed by atoms with Gasteiger partial charge in [0, 0.05) is 32.4 Å². The second kappa shape index (κ2) is 8.40. The van der Waals surface area contributed by atoms with Crippen LogP contribution in [0.4, 0.5) is 4.39 Å². The summed E-state index contributed by atoms with van der Waals surface area (Å²) in [7, 11) is -3.77. The van der Waals surface area contributed by atoms with E-state index in [0.717, 1.165) is 12.1 Å². The van der Waals surface area contributed by atoms with Crippen molar-refractivity contribution in [3.05, 3.63) is 60.3 Å². The Labute approximate surface area is 176 Å². The molecule has 10 nitrogen and oxygen atoms in total. The van der Waals surface area contributed by atoms with E-state index in [-0.39, 0.29) is 36.6 Å². The van der Waals surface area contributed by atoms with Crippen LogP contribution < -0.4 is 0 Å². The quantitative estimate of drug-likeness (QED) is 0.525. The lowest BCUT2D eigenvalue weighted by Crippen LogP contribution is -2.51. The highest BCUT2D eigenvalue weighted by atomic mass is 32.2. The second-order valence-electron chi connectivity index (χ2n) is 6.83. The summed E-state index contributed by atoms with van der Waals surface area (Å²) in [6.07, 6.45) is 2.94. The van der Waals surface area contributed by atoms with Crippen LogP contribution in [0.15, 0.2) is 53.8 Å². The molecule has 0 bridgehead atoms. The number of piperazine rings is 1. The van der Waals surface area contributed by atoms with Gasteiger partial charge in [-0.05, 0) is 36.4 Å². The molecule has 12 heteroatoms. The van der Waals surface area contributed by atoms with E-state index >= 15 is 0 Å². The van der Waals surface area contributed by atoms with Crippen LogP contribution in [0.5, 0.6) is 0 Å². The molecule has 1 amide bonds. The topological polar surface area (TPSA) is 114 Å². The number of fused-ring (bicyclic) bond motifs is 1. The van der Waals surface area contributed by atoms with Gasteiger partial charge in [-0.25, -0.2) is 17.6 Å². The molecule has 162 valence electrons. The third-order valence-corrected chi connectivity index (χ3v) is 6.81. The lowest BCUT2D eigenvalue weighted by molar-refractivity contribution is -0.135. The predicted molar refractivity (Wildman–Crippen MR) is 105 cm³/mol. The molecule has 31 heavy (non-hydrogen) atoms. The number of sulfonamides is 1. The molecule has 1 fully saturated rings. The summed E-state index contributed by atoms with van der Waals surface area (Å²) in [5, 5.41) is 7.56. The Morgan fingerprint density at radius 3 is 2.45 bits per heavy atom. The molecule has 1 aromatic carbocycles. The maximum Gasteiger partial charge on any atom is 0.340 e. The van der Waals surface area contributed by atoms with Gasteiger partial charge in [-0.15, -0.1) is 10.2 Å². The van der Waals surface area contributed by atoms with Crippen LogP contribution >= 0.6 is 0 Å². The fraction of sp³-hybridized carbons (Fsp3) is 0.263. The van der Waals surface area contributed by atoms with Gasteiger partial charge in [-0.1, -0.05) is 0 Å². The van der Waals surface area contributed by atoms with Gasteiger partial charge in [-0.3, -0.25) is 9.20 Å². The molecule has 2 aromatic heterocycles. The number of hydrogen-bond acceptors (Lipinski definition) is 7. The van der Waals surface area contributed by atoms with E-state index in [1.807, 2.05) is 0 Å². The normalized spacial score (nSPS) is 15.2. The minimum absolute atomic E-state index is 0.00679. The molecule has 0 aliphatic carbocycles. The van der Waals surface area contributed by atoms with Crippen molar-refractivity contribution in [1.82, 2.24) is 23.8 Å². The van der Waals surface area contributed by atoms with Gasteiger partial charge >= 0.3 is 5.97 Å². The predicted octanol–water partition coefficient (Wildman–Crippen LogP) is 0.558. The molecule has 1 saturated heterocycles. The number of pyridine rings is 1. The van der Waals surface area contributed by atoms with Gasteiger partial charge in [0.05, 0.1) is 10.5 Å². The van der Waals surface area contributed by atoms with Crippen molar-refractivity contribution in [2.24, 2.45) is 0 Å².